The van der Waals surface area contributed by atoms with Gasteiger partial charge in [0.25, 0.3) is 0 Å². The number of thioether (sulfide) groups is 1. The van der Waals surface area contributed by atoms with Crippen LogP contribution < -0.4 is 10.2 Å². The predicted molar refractivity (Wildman–Crippen MR) is 125 cm³/mol. The number of aliphatic imine (C=N–C) groups is 1. The number of sulfone groups is 1. The fraction of sp³-hybridized carbons (Fsp3) is 0.286. The summed E-state index contributed by atoms with van der Waals surface area (Å²) in [7, 11) is -3.19. The van der Waals surface area contributed by atoms with Crippen molar-refractivity contribution in [2.75, 3.05) is 27.5 Å². The molecule has 0 aromatic heterocycles. The number of ketones is 1. The highest BCUT2D eigenvalue weighted by molar-refractivity contribution is 8.14. The first-order valence-electron chi connectivity index (χ1n) is 9.58. The Bertz CT molecular complexity index is 1180. The molecule has 2 atom stereocenters. The summed E-state index contributed by atoms with van der Waals surface area (Å²) in [5.74, 6) is -0.231. The van der Waals surface area contributed by atoms with Crippen LogP contribution in [-0.2, 0) is 14.6 Å². The van der Waals surface area contributed by atoms with Crippen LogP contribution in [0, 0.1) is 0 Å². The summed E-state index contributed by atoms with van der Waals surface area (Å²) in [5.41, 5.74) is 1.82. The molecule has 0 radical (unpaired) electrons. The van der Waals surface area contributed by atoms with Gasteiger partial charge in [-0.05, 0) is 37.3 Å². The van der Waals surface area contributed by atoms with Crippen molar-refractivity contribution in [2.24, 2.45) is 4.99 Å². The Balaban J connectivity index is 1.54. The van der Waals surface area contributed by atoms with Crippen LogP contribution in [0.2, 0.25) is 5.02 Å². The zero-order valence-corrected chi connectivity index (χ0v) is 19.0. The van der Waals surface area contributed by atoms with Gasteiger partial charge in [-0.15, -0.1) is 0 Å². The second-order valence-electron chi connectivity index (χ2n) is 7.45. The molecule has 0 bridgehead atoms. The van der Waals surface area contributed by atoms with Crippen molar-refractivity contribution in [1.82, 2.24) is 0 Å². The minimum absolute atomic E-state index is 0.00969. The normalized spacial score (nSPS) is 21.5. The van der Waals surface area contributed by atoms with Gasteiger partial charge in [-0.1, -0.05) is 41.6 Å². The topological polar surface area (TPSA) is 95.9 Å². The second kappa shape index (κ2) is 8.64. The minimum Gasteiger partial charge on any atom is -0.325 e. The third kappa shape index (κ3) is 4.94. The van der Waals surface area contributed by atoms with Gasteiger partial charge in [-0.3, -0.25) is 14.6 Å². The van der Waals surface area contributed by atoms with Crippen LogP contribution in [0.1, 0.15) is 17.3 Å². The Labute approximate surface area is 189 Å². The summed E-state index contributed by atoms with van der Waals surface area (Å²) in [6.45, 7) is 1.48. The fourth-order valence-corrected chi connectivity index (χ4v) is 6.66. The number of carbonyl (C=O) groups is 2. The number of nitrogens with one attached hydrogen (secondary N) is 1. The van der Waals surface area contributed by atoms with Crippen LogP contribution in [0.15, 0.2) is 53.5 Å². The van der Waals surface area contributed by atoms with Crippen LogP contribution in [0.4, 0.5) is 11.4 Å². The molecule has 7 nitrogen and oxygen atoms in total. The van der Waals surface area contributed by atoms with Crippen LogP contribution in [0.5, 0.6) is 0 Å². The Morgan fingerprint density at radius 2 is 1.97 bits per heavy atom. The van der Waals surface area contributed by atoms with Gasteiger partial charge in [0.05, 0.1) is 29.3 Å². The molecular weight excluding hydrogens is 458 g/mol. The first-order valence-corrected chi connectivity index (χ1v) is 12.8. The van der Waals surface area contributed by atoms with Gasteiger partial charge in [0.1, 0.15) is 0 Å². The maximum atomic E-state index is 12.4. The lowest BCUT2D eigenvalue weighted by atomic mass is 10.1. The number of fused-ring (bicyclic) bond motifs is 1. The summed E-state index contributed by atoms with van der Waals surface area (Å²) in [6.07, 6.45) is 0. The predicted octanol–water partition coefficient (Wildman–Crippen LogP) is 3.26. The lowest BCUT2D eigenvalue weighted by molar-refractivity contribution is -0.113. The number of carbonyl (C=O) groups excluding carboxylic acids is 2. The number of Topliss-reactive ketones (excluding diaryl/α,β-unsaturated/α-hetero) is 1. The molecule has 10 heteroatoms. The quantitative estimate of drug-likeness (QED) is 0.664. The van der Waals surface area contributed by atoms with Crippen LogP contribution >= 0.6 is 23.4 Å². The fourth-order valence-electron chi connectivity index (χ4n) is 3.70. The maximum Gasteiger partial charge on any atom is 0.234 e. The molecule has 0 aliphatic carbocycles. The van der Waals surface area contributed by atoms with E-state index in [1.165, 1.54) is 18.7 Å². The first kappa shape index (κ1) is 21.9. The lowest BCUT2D eigenvalue weighted by Gasteiger charge is -2.26. The standard InChI is InChI=1S/C21H20ClN3O4S2/c1-13(26)14-4-2-7-17(8-14)25-19-12-31(28,29)11-18(19)24-21(25)30-10-20(27)23-16-6-3-5-15(22)9-16/h2-9,18-19H,10-12H2,1H3,(H,23,27)/t18-,19-/m1/s1. The van der Waals surface area contributed by atoms with Crippen LogP contribution in [0.25, 0.3) is 0 Å². The molecule has 2 aromatic carbocycles. The van der Waals surface area contributed by atoms with Gasteiger partial charge in [0.15, 0.2) is 20.8 Å². The van der Waals surface area contributed by atoms with Gasteiger partial charge in [0.2, 0.25) is 5.91 Å². The summed E-state index contributed by atoms with van der Waals surface area (Å²) in [6, 6.07) is 13.2. The smallest absolute Gasteiger partial charge is 0.234 e. The molecule has 0 spiro atoms. The number of hydrogen-bond donors (Lipinski definition) is 1. The molecule has 0 unspecified atom stereocenters. The zero-order chi connectivity index (χ0) is 22.2. The van der Waals surface area contributed by atoms with Crippen molar-refractivity contribution in [2.45, 2.75) is 19.0 Å². The third-order valence-corrected chi connectivity index (χ3v) is 7.98. The average Bonchev–Trinajstić information content (AvgIpc) is 3.17. The van der Waals surface area contributed by atoms with Crippen molar-refractivity contribution < 1.29 is 18.0 Å². The van der Waals surface area contributed by atoms with Crippen molar-refractivity contribution in [3.05, 3.63) is 59.1 Å². The number of rotatable bonds is 5. The number of halogens is 1. The molecule has 2 aliphatic rings. The molecule has 2 heterocycles. The van der Waals surface area contributed by atoms with E-state index < -0.39 is 9.84 Å². The summed E-state index contributed by atoms with van der Waals surface area (Å²) in [4.78, 5) is 30.7. The highest BCUT2D eigenvalue weighted by Crippen LogP contribution is 2.35. The zero-order valence-electron chi connectivity index (χ0n) is 16.6. The van der Waals surface area contributed by atoms with Gasteiger partial charge in [-0.2, -0.15) is 0 Å². The SMILES string of the molecule is CC(=O)c1cccc(N2C(SCC(=O)Nc3cccc(Cl)c3)=N[C@@H]3CS(=O)(=O)C[C@H]32)c1. The van der Waals surface area contributed by atoms with Gasteiger partial charge >= 0.3 is 0 Å². The summed E-state index contributed by atoms with van der Waals surface area (Å²) < 4.78 is 24.3. The molecular formula is C21H20ClN3O4S2. The number of hydrogen-bond acceptors (Lipinski definition) is 7. The Morgan fingerprint density at radius 1 is 1.19 bits per heavy atom. The van der Waals surface area contributed by atoms with E-state index >= 15 is 0 Å². The number of amides is 1. The number of benzene rings is 2. The van der Waals surface area contributed by atoms with Crippen LogP contribution in [0.3, 0.4) is 0 Å². The minimum atomic E-state index is -3.19. The van der Waals surface area contributed by atoms with E-state index in [0.29, 0.717) is 27.1 Å². The molecule has 162 valence electrons. The van der Waals surface area contributed by atoms with E-state index in [1.807, 2.05) is 11.0 Å². The molecule has 0 saturated carbocycles. The highest BCUT2D eigenvalue weighted by atomic mass is 35.5. The molecule has 1 fully saturated rings. The van der Waals surface area contributed by atoms with Crippen molar-refractivity contribution in [3.8, 4) is 0 Å². The Hall–Kier alpha value is -2.36. The number of anilines is 2. The summed E-state index contributed by atoms with van der Waals surface area (Å²) in [5, 5.41) is 3.89. The van der Waals surface area contributed by atoms with Crippen molar-refractivity contribution in [1.29, 1.82) is 0 Å². The van der Waals surface area contributed by atoms with Gasteiger partial charge < -0.3 is 10.2 Å². The molecule has 4 rings (SSSR count). The molecule has 1 N–H and O–H groups in total. The number of nitrogens with zero attached hydrogens (tertiary/aromatic N) is 2. The van der Waals surface area contributed by atoms with Crippen LogP contribution in [-0.4, -0.2) is 54.6 Å². The monoisotopic (exact) mass is 477 g/mol. The second-order valence-corrected chi connectivity index (χ2v) is 11.0. The van der Waals surface area contributed by atoms with Gasteiger partial charge in [-0.25, -0.2) is 8.42 Å². The average molecular weight is 478 g/mol. The third-order valence-electron chi connectivity index (χ3n) is 5.08. The molecule has 2 aliphatic heterocycles. The van der Waals surface area contributed by atoms with E-state index in [4.69, 9.17) is 11.6 Å². The van der Waals surface area contributed by atoms with Crippen molar-refractivity contribution in [3.63, 3.8) is 0 Å². The van der Waals surface area contributed by atoms with Gasteiger partial charge in [0, 0.05) is 22.0 Å². The Kier molecular flexibility index (Phi) is 6.09. The number of amidine groups is 1. The summed E-state index contributed by atoms with van der Waals surface area (Å²) >= 11 is 7.19. The molecule has 2 aromatic rings. The maximum absolute atomic E-state index is 12.4. The Morgan fingerprint density at radius 3 is 2.71 bits per heavy atom. The van der Waals surface area contributed by atoms with E-state index in [0.717, 1.165) is 0 Å². The van der Waals surface area contributed by atoms with E-state index in [2.05, 4.69) is 10.3 Å². The van der Waals surface area contributed by atoms with Crippen molar-refractivity contribution >= 4 is 61.4 Å². The lowest BCUT2D eigenvalue weighted by Crippen LogP contribution is -2.39. The molecule has 1 saturated heterocycles. The first-order chi connectivity index (χ1) is 14.7. The highest BCUT2D eigenvalue weighted by Gasteiger charge is 2.47. The van der Waals surface area contributed by atoms with E-state index in [9.17, 15) is 18.0 Å². The van der Waals surface area contributed by atoms with E-state index in [-0.39, 0.29) is 41.0 Å². The van der Waals surface area contributed by atoms with E-state index in [1.54, 1.807) is 42.5 Å². The molecule has 1 amide bonds. The largest absolute Gasteiger partial charge is 0.325 e. The molecule has 31 heavy (non-hydrogen) atoms.